The first-order valence-corrected chi connectivity index (χ1v) is 9.59. The van der Waals surface area contributed by atoms with Gasteiger partial charge in [-0.15, -0.1) is 0 Å². The summed E-state index contributed by atoms with van der Waals surface area (Å²) < 4.78 is 5.32. The number of unbranched alkanes of at least 4 members (excludes halogenated alkanes) is 6. The molecule has 0 heterocycles. The monoisotopic (exact) mass is 360 g/mol. The van der Waals surface area contributed by atoms with Crippen LogP contribution in [0, 0.1) is 0 Å². The molecule has 0 saturated carbocycles. The number of phenols is 1. The normalized spacial score (nSPS) is 11.1. The van der Waals surface area contributed by atoms with Crippen LogP contribution in [0.15, 0.2) is 60.9 Å². The molecule has 0 aliphatic rings. The molecule has 2 N–H and O–H groups in total. The summed E-state index contributed by atoms with van der Waals surface area (Å²) in [6, 6.07) is 6.71. The van der Waals surface area contributed by atoms with E-state index in [2.05, 4.69) is 13.5 Å². The van der Waals surface area contributed by atoms with Crippen molar-refractivity contribution in [3.8, 4) is 5.75 Å². The number of para-hydroxylation sites is 1. The van der Waals surface area contributed by atoms with E-state index in [-0.39, 0.29) is 12.4 Å². The minimum Gasteiger partial charge on any atom is -0.508 e. The summed E-state index contributed by atoms with van der Waals surface area (Å²) in [6.07, 6.45) is 18.1. The Morgan fingerprint density at radius 3 is 2.23 bits per heavy atom. The largest absolute Gasteiger partial charge is 0.508 e. The van der Waals surface area contributed by atoms with Gasteiger partial charge in [0.1, 0.15) is 5.75 Å². The number of rotatable bonds is 12. The fourth-order valence-corrected chi connectivity index (χ4v) is 2.40. The lowest BCUT2D eigenvalue weighted by Crippen LogP contribution is -1.87. The first-order valence-electron chi connectivity index (χ1n) is 9.59. The van der Waals surface area contributed by atoms with E-state index in [4.69, 9.17) is 14.9 Å². The van der Waals surface area contributed by atoms with E-state index >= 15 is 0 Å². The van der Waals surface area contributed by atoms with Crippen molar-refractivity contribution in [3.05, 3.63) is 66.5 Å². The zero-order chi connectivity index (χ0) is 19.5. The van der Waals surface area contributed by atoms with Gasteiger partial charge in [0, 0.05) is 12.0 Å². The molecule has 0 spiro atoms. The van der Waals surface area contributed by atoms with Crippen LogP contribution in [0.2, 0.25) is 0 Å². The zero-order valence-electron chi connectivity index (χ0n) is 16.5. The Bertz CT molecular complexity index is 518. The van der Waals surface area contributed by atoms with E-state index in [1.54, 1.807) is 37.5 Å². The molecule has 0 amide bonds. The fourth-order valence-electron chi connectivity index (χ4n) is 2.40. The number of aromatic hydroxyl groups is 1. The van der Waals surface area contributed by atoms with Crippen LogP contribution in [-0.4, -0.2) is 17.3 Å². The number of benzene rings is 1. The highest BCUT2D eigenvalue weighted by Gasteiger charge is 1.96. The molecule has 0 saturated heterocycles. The lowest BCUT2D eigenvalue weighted by Gasteiger charge is -2.05. The van der Waals surface area contributed by atoms with Gasteiger partial charge in [0.2, 0.25) is 0 Å². The second-order valence-electron chi connectivity index (χ2n) is 6.12. The van der Waals surface area contributed by atoms with Gasteiger partial charge in [-0.1, -0.05) is 88.5 Å². The molecule has 0 bridgehead atoms. The second-order valence-corrected chi connectivity index (χ2v) is 6.12. The molecule has 0 unspecified atom stereocenters. The van der Waals surface area contributed by atoms with Crippen molar-refractivity contribution in [1.29, 1.82) is 0 Å². The first-order chi connectivity index (χ1) is 12.7. The molecule has 1 aromatic rings. The van der Waals surface area contributed by atoms with E-state index < -0.39 is 0 Å². The number of ether oxygens (including phenoxy) is 1. The lowest BCUT2D eigenvalue weighted by atomic mass is 10.1. The Morgan fingerprint density at radius 1 is 1.04 bits per heavy atom. The maximum atomic E-state index is 8.95. The number of methoxy groups -OCH3 is 1. The third-order valence-corrected chi connectivity index (χ3v) is 3.98. The maximum Gasteiger partial charge on any atom is 0.121 e. The van der Waals surface area contributed by atoms with Crippen LogP contribution in [0.4, 0.5) is 0 Å². The number of aliphatic hydroxyl groups excluding tert-OH is 1. The molecule has 146 valence electrons. The average molecular weight is 361 g/mol. The van der Waals surface area contributed by atoms with Crippen LogP contribution in [-0.2, 0) is 11.3 Å². The fraction of sp³-hybridized carbons (Fsp3) is 0.478. The van der Waals surface area contributed by atoms with Crippen molar-refractivity contribution >= 4 is 0 Å². The van der Waals surface area contributed by atoms with Gasteiger partial charge < -0.3 is 14.9 Å². The summed E-state index contributed by atoms with van der Waals surface area (Å²) in [5, 5.41) is 17.5. The predicted molar refractivity (Wildman–Crippen MR) is 111 cm³/mol. The molecule has 0 radical (unpaired) electrons. The molecule has 1 rings (SSSR count). The number of hydrogen-bond donors (Lipinski definition) is 2. The van der Waals surface area contributed by atoms with Gasteiger partial charge in [0.05, 0.1) is 19.5 Å². The Morgan fingerprint density at radius 2 is 1.69 bits per heavy atom. The van der Waals surface area contributed by atoms with Crippen molar-refractivity contribution < 1.29 is 14.9 Å². The average Bonchev–Trinajstić information content (AvgIpc) is 2.67. The van der Waals surface area contributed by atoms with E-state index in [9.17, 15) is 0 Å². The van der Waals surface area contributed by atoms with Crippen LogP contribution in [0.3, 0.4) is 0 Å². The van der Waals surface area contributed by atoms with Crippen LogP contribution in [0.5, 0.6) is 5.75 Å². The van der Waals surface area contributed by atoms with Crippen LogP contribution in [0.25, 0.3) is 0 Å². The Balaban J connectivity index is 0.000000577. The second kappa shape index (κ2) is 17.8. The van der Waals surface area contributed by atoms with Crippen LogP contribution in [0.1, 0.15) is 63.9 Å². The highest BCUT2D eigenvalue weighted by molar-refractivity contribution is 5.30. The van der Waals surface area contributed by atoms with Gasteiger partial charge in [-0.3, -0.25) is 0 Å². The van der Waals surface area contributed by atoms with E-state index in [1.165, 1.54) is 44.9 Å². The molecule has 3 nitrogen and oxygen atoms in total. The Kier molecular flexibility index (Phi) is 16.4. The molecule has 26 heavy (non-hydrogen) atoms. The third kappa shape index (κ3) is 13.3. The molecular weight excluding hydrogens is 324 g/mol. The standard InChI is InChI=1S/C16H28O.C7H8O2/c1-4-6-8-9-10-11-13-15-16(17-3)14-12-7-5-2;8-5-6-3-1-2-4-7(6)9/h5,7,12,14H,2,4,6,8-11,13,15H2,1,3H3;1-4,8-9H,5H2/b12-7+,16-14-;. The van der Waals surface area contributed by atoms with Crippen molar-refractivity contribution in [1.82, 2.24) is 0 Å². The summed E-state index contributed by atoms with van der Waals surface area (Å²) in [7, 11) is 1.74. The summed E-state index contributed by atoms with van der Waals surface area (Å²) in [5.74, 6) is 1.22. The van der Waals surface area contributed by atoms with Gasteiger partial charge >= 0.3 is 0 Å². The molecule has 0 fully saturated rings. The summed E-state index contributed by atoms with van der Waals surface area (Å²) >= 11 is 0. The van der Waals surface area contributed by atoms with Crippen molar-refractivity contribution in [2.75, 3.05) is 7.11 Å². The molecule has 3 heteroatoms. The summed E-state index contributed by atoms with van der Waals surface area (Å²) in [6.45, 7) is 5.79. The minimum atomic E-state index is -0.104. The highest BCUT2D eigenvalue weighted by Crippen LogP contribution is 2.14. The Labute approximate surface area is 159 Å². The molecule has 0 aliphatic carbocycles. The predicted octanol–water partition coefficient (Wildman–Crippen LogP) is 6.28. The summed E-state index contributed by atoms with van der Waals surface area (Å²) in [5.41, 5.74) is 0.567. The van der Waals surface area contributed by atoms with Crippen molar-refractivity contribution in [2.24, 2.45) is 0 Å². The van der Waals surface area contributed by atoms with E-state index in [0.717, 1.165) is 12.2 Å². The van der Waals surface area contributed by atoms with Crippen molar-refractivity contribution in [2.45, 2.75) is 64.9 Å². The highest BCUT2D eigenvalue weighted by atomic mass is 16.5. The van der Waals surface area contributed by atoms with Gasteiger partial charge in [-0.25, -0.2) is 0 Å². The molecular formula is C23H36O3. The van der Waals surface area contributed by atoms with Gasteiger partial charge in [-0.05, 0) is 18.6 Å². The minimum absolute atomic E-state index is 0.104. The molecule has 0 aromatic heterocycles. The number of aliphatic hydroxyl groups is 1. The van der Waals surface area contributed by atoms with E-state index in [0.29, 0.717) is 5.56 Å². The zero-order valence-corrected chi connectivity index (χ0v) is 16.5. The number of allylic oxidation sites excluding steroid dienone is 5. The van der Waals surface area contributed by atoms with Gasteiger partial charge in [0.25, 0.3) is 0 Å². The van der Waals surface area contributed by atoms with Gasteiger partial charge in [0.15, 0.2) is 0 Å². The third-order valence-electron chi connectivity index (χ3n) is 3.98. The molecule has 1 aromatic carbocycles. The van der Waals surface area contributed by atoms with Crippen LogP contribution < -0.4 is 0 Å². The lowest BCUT2D eigenvalue weighted by molar-refractivity contribution is 0.274. The van der Waals surface area contributed by atoms with Crippen LogP contribution >= 0.6 is 0 Å². The number of hydrogen-bond acceptors (Lipinski definition) is 3. The van der Waals surface area contributed by atoms with Crippen molar-refractivity contribution in [3.63, 3.8) is 0 Å². The molecule has 0 aliphatic heterocycles. The summed E-state index contributed by atoms with van der Waals surface area (Å²) in [4.78, 5) is 0. The van der Waals surface area contributed by atoms with E-state index in [1.807, 2.05) is 18.2 Å². The van der Waals surface area contributed by atoms with Gasteiger partial charge in [-0.2, -0.15) is 0 Å². The Hall–Kier alpha value is -2.00. The SMILES string of the molecule is C=C/C=C/C=C(/CCCCCCCCC)OC.OCc1ccccc1O. The smallest absolute Gasteiger partial charge is 0.121 e. The maximum absolute atomic E-state index is 8.95. The topological polar surface area (TPSA) is 49.7 Å². The quantitative estimate of drug-likeness (QED) is 0.262. The first kappa shape index (κ1) is 24.0. The molecule has 0 atom stereocenters.